The largest absolute Gasteiger partial charge is 0.497 e. The van der Waals surface area contributed by atoms with Crippen LogP contribution in [0.5, 0.6) is 5.75 Å². The number of methoxy groups -OCH3 is 1. The van der Waals surface area contributed by atoms with Crippen LogP contribution in [0.2, 0.25) is 0 Å². The normalized spacial score (nSPS) is 23.7. The molecule has 1 amide bonds. The summed E-state index contributed by atoms with van der Waals surface area (Å²) in [5.74, 6) is 0.510. The number of hydrogen-bond donors (Lipinski definition) is 0. The van der Waals surface area contributed by atoms with E-state index in [9.17, 15) is 13.2 Å². The van der Waals surface area contributed by atoms with E-state index in [-0.39, 0.29) is 18.5 Å². The van der Waals surface area contributed by atoms with Gasteiger partial charge in [0, 0.05) is 31.4 Å². The Kier molecular flexibility index (Phi) is 4.80. The predicted molar refractivity (Wildman–Crippen MR) is 91.2 cm³/mol. The first-order valence-corrected chi connectivity index (χ1v) is 9.54. The maximum absolute atomic E-state index is 12.7. The minimum atomic E-state index is -3.56. The quantitative estimate of drug-likeness (QED) is 0.812. The average Bonchev–Trinajstić information content (AvgIpc) is 3.12. The lowest BCUT2D eigenvalue weighted by Gasteiger charge is -2.39. The van der Waals surface area contributed by atoms with Crippen molar-refractivity contribution in [1.29, 1.82) is 0 Å². The van der Waals surface area contributed by atoms with Crippen molar-refractivity contribution in [1.82, 2.24) is 8.61 Å². The summed E-state index contributed by atoms with van der Waals surface area (Å²) in [6, 6.07) is 6.94. The predicted octanol–water partition coefficient (Wildman–Crippen LogP) is 1.07. The van der Waals surface area contributed by atoms with Crippen molar-refractivity contribution < 1.29 is 17.9 Å². The zero-order valence-electron chi connectivity index (χ0n) is 14.0. The smallest absolute Gasteiger partial charge is 0.282 e. The molecule has 0 spiro atoms. The van der Waals surface area contributed by atoms with E-state index in [1.54, 1.807) is 24.1 Å². The lowest BCUT2D eigenvalue weighted by molar-refractivity contribution is -0.120. The molecule has 132 valence electrons. The van der Waals surface area contributed by atoms with E-state index in [0.717, 1.165) is 24.3 Å². The number of amides is 1. The van der Waals surface area contributed by atoms with Crippen LogP contribution in [0, 0.1) is 0 Å². The molecule has 2 heterocycles. The minimum absolute atomic E-state index is 0.119. The molecule has 0 unspecified atom stereocenters. The second kappa shape index (κ2) is 6.70. The Morgan fingerprint density at radius 1 is 1.12 bits per heavy atom. The number of benzene rings is 1. The molecule has 0 radical (unpaired) electrons. The zero-order valence-corrected chi connectivity index (χ0v) is 14.8. The fourth-order valence-electron chi connectivity index (χ4n) is 3.22. The van der Waals surface area contributed by atoms with E-state index >= 15 is 0 Å². The standard InChI is InChI=1S/C16H23N3O4S/c1-13-11-18(14-5-7-15(23-2)8-6-14)16(20)12-19(13)24(21,22)17-9-3-4-10-17/h5-8,13H,3-4,9-12H2,1-2H3/t13-/m1/s1. The highest BCUT2D eigenvalue weighted by atomic mass is 32.2. The number of anilines is 1. The monoisotopic (exact) mass is 353 g/mol. The molecule has 2 fully saturated rings. The van der Waals surface area contributed by atoms with Gasteiger partial charge in [-0.2, -0.15) is 17.0 Å². The molecule has 0 N–H and O–H groups in total. The molecular weight excluding hydrogens is 330 g/mol. The molecule has 1 aromatic rings. The fraction of sp³-hybridized carbons (Fsp3) is 0.562. The highest BCUT2D eigenvalue weighted by Crippen LogP contribution is 2.26. The zero-order chi connectivity index (χ0) is 17.3. The Hall–Kier alpha value is -1.64. The van der Waals surface area contributed by atoms with Gasteiger partial charge in [-0.1, -0.05) is 0 Å². The Labute approximate surface area is 143 Å². The van der Waals surface area contributed by atoms with Crippen molar-refractivity contribution in [3.05, 3.63) is 24.3 Å². The lowest BCUT2D eigenvalue weighted by Crippen LogP contribution is -2.59. The van der Waals surface area contributed by atoms with E-state index in [2.05, 4.69) is 0 Å². The third-order valence-corrected chi connectivity index (χ3v) is 6.70. The molecule has 24 heavy (non-hydrogen) atoms. The number of rotatable bonds is 4. The number of ether oxygens (including phenoxy) is 1. The van der Waals surface area contributed by atoms with E-state index in [1.807, 2.05) is 19.1 Å². The highest BCUT2D eigenvalue weighted by molar-refractivity contribution is 7.86. The van der Waals surface area contributed by atoms with Crippen LogP contribution in [0.15, 0.2) is 24.3 Å². The SMILES string of the molecule is COc1ccc(N2C[C@@H](C)N(S(=O)(=O)N3CCCC3)CC2=O)cc1. The van der Waals surface area contributed by atoms with Crippen LogP contribution in [0.25, 0.3) is 0 Å². The summed E-state index contributed by atoms with van der Waals surface area (Å²) in [7, 11) is -1.97. The van der Waals surface area contributed by atoms with Crippen LogP contribution in [0.3, 0.4) is 0 Å². The third-order valence-electron chi connectivity index (χ3n) is 4.60. The number of nitrogens with zero attached hydrogens (tertiary/aromatic N) is 3. The number of carbonyl (C=O) groups is 1. The molecule has 1 atom stereocenters. The summed E-state index contributed by atoms with van der Waals surface area (Å²) < 4.78 is 33.4. The van der Waals surface area contributed by atoms with Crippen LogP contribution in [0.4, 0.5) is 5.69 Å². The van der Waals surface area contributed by atoms with Gasteiger partial charge < -0.3 is 9.64 Å². The van der Waals surface area contributed by atoms with Crippen molar-refractivity contribution in [2.24, 2.45) is 0 Å². The van der Waals surface area contributed by atoms with Crippen LogP contribution in [-0.4, -0.2) is 62.3 Å². The van der Waals surface area contributed by atoms with Gasteiger partial charge in [-0.3, -0.25) is 4.79 Å². The molecule has 0 aliphatic carbocycles. The molecule has 0 aromatic heterocycles. The molecule has 2 aliphatic heterocycles. The highest BCUT2D eigenvalue weighted by Gasteiger charge is 2.40. The Morgan fingerprint density at radius 3 is 2.33 bits per heavy atom. The third kappa shape index (κ3) is 3.13. The molecule has 1 aromatic carbocycles. The topological polar surface area (TPSA) is 70.2 Å². The van der Waals surface area contributed by atoms with E-state index in [0.29, 0.717) is 19.6 Å². The molecular formula is C16H23N3O4S. The van der Waals surface area contributed by atoms with Gasteiger partial charge in [0.05, 0.1) is 13.7 Å². The summed E-state index contributed by atoms with van der Waals surface area (Å²) in [4.78, 5) is 14.2. The molecule has 3 rings (SSSR count). The second-order valence-electron chi connectivity index (χ2n) is 6.21. The van der Waals surface area contributed by atoms with Crippen molar-refractivity contribution >= 4 is 21.8 Å². The minimum Gasteiger partial charge on any atom is -0.497 e. The van der Waals surface area contributed by atoms with Crippen molar-refractivity contribution in [2.45, 2.75) is 25.8 Å². The maximum atomic E-state index is 12.7. The van der Waals surface area contributed by atoms with Gasteiger partial charge >= 0.3 is 0 Å². The molecule has 8 heteroatoms. The van der Waals surface area contributed by atoms with Gasteiger partial charge in [-0.15, -0.1) is 0 Å². The van der Waals surface area contributed by atoms with Crippen LogP contribution >= 0.6 is 0 Å². The van der Waals surface area contributed by atoms with Crippen LogP contribution in [-0.2, 0) is 15.0 Å². The van der Waals surface area contributed by atoms with E-state index in [1.165, 1.54) is 8.61 Å². The fourth-order valence-corrected chi connectivity index (χ4v) is 5.03. The van der Waals surface area contributed by atoms with Gasteiger partial charge in [0.1, 0.15) is 5.75 Å². The van der Waals surface area contributed by atoms with Crippen LogP contribution in [0.1, 0.15) is 19.8 Å². The first-order chi connectivity index (χ1) is 11.4. The molecule has 0 bridgehead atoms. The lowest BCUT2D eigenvalue weighted by atomic mass is 10.2. The Balaban J connectivity index is 1.77. The first kappa shape index (κ1) is 17.2. The number of hydrogen-bond acceptors (Lipinski definition) is 4. The maximum Gasteiger partial charge on any atom is 0.282 e. The average molecular weight is 353 g/mol. The van der Waals surface area contributed by atoms with Gasteiger partial charge in [-0.05, 0) is 44.0 Å². The summed E-state index contributed by atoms with van der Waals surface area (Å²) in [6.45, 7) is 3.16. The number of piperazine rings is 1. The second-order valence-corrected chi connectivity index (χ2v) is 8.09. The number of carbonyl (C=O) groups excluding carboxylic acids is 1. The van der Waals surface area contributed by atoms with E-state index < -0.39 is 10.2 Å². The molecule has 7 nitrogen and oxygen atoms in total. The first-order valence-electron chi connectivity index (χ1n) is 8.15. The summed E-state index contributed by atoms with van der Waals surface area (Å²) >= 11 is 0. The van der Waals surface area contributed by atoms with Crippen LogP contribution < -0.4 is 9.64 Å². The summed E-state index contributed by atoms with van der Waals surface area (Å²) in [5, 5.41) is 0. The van der Waals surface area contributed by atoms with Gasteiger partial charge in [0.2, 0.25) is 5.91 Å². The van der Waals surface area contributed by atoms with Gasteiger partial charge in [0.15, 0.2) is 0 Å². The van der Waals surface area contributed by atoms with Crippen molar-refractivity contribution in [2.75, 3.05) is 38.2 Å². The van der Waals surface area contributed by atoms with Gasteiger partial charge in [-0.25, -0.2) is 0 Å². The van der Waals surface area contributed by atoms with Crippen molar-refractivity contribution in [3.8, 4) is 5.75 Å². The molecule has 2 aliphatic rings. The molecule has 0 saturated carbocycles. The molecule has 2 saturated heterocycles. The van der Waals surface area contributed by atoms with E-state index in [4.69, 9.17) is 4.74 Å². The summed E-state index contributed by atoms with van der Waals surface area (Å²) in [6.07, 6.45) is 1.76. The van der Waals surface area contributed by atoms with Crippen molar-refractivity contribution in [3.63, 3.8) is 0 Å². The Morgan fingerprint density at radius 2 is 1.75 bits per heavy atom. The summed E-state index contributed by atoms with van der Waals surface area (Å²) in [5.41, 5.74) is 0.755. The Bertz CT molecular complexity index is 699. The van der Waals surface area contributed by atoms with Gasteiger partial charge in [0.25, 0.3) is 10.2 Å².